The van der Waals surface area contributed by atoms with Crippen LogP contribution in [-0.2, 0) is 16.0 Å². The van der Waals surface area contributed by atoms with Crippen LogP contribution in [0, 0.1) is 0 Å². The monoisotopic (exact) mass is 429 g/mol. The van der Waals surface area contributed by atoms with Crippen LogP contribution >= 0.6 is 0 Å². The maximum atomic E-state index is 13.3. The van der Waals surface area contributed by atoms with Crippen LogP contribution in [0.2, 0.25) is 0 Å². The van der Waals surface area contributed by atoms with Crippen LogP contribution in [0.25, 0.3) is 10.9 Å². The van der Waals surface area contributed by atoms with Gasteiger partial charge in [0.2, 0.25) is 18.6 Å². The van der Waals surface area contributed by atoms with E-state index >= 15 is 0 Å². The van der Waals surface area contributed by atoms with Gasteiger partial charge < -0.3 is 24.7 Å². The number of ether oxygens (including phenoxy) is 2. The predicted octanol–water partition coefficient (Wildman–Crippen LogP) is 3.20. The molecule has 2 aromatic carbocycles. The van der Waals surface area contributed by atoms with Crippen molar-refractivity contribution in [2.75, 3.05) is 6.79 Å². The van der Waals surface area contributed by atoms with Gasteiger partial charge in [0.15, 0.2) is 11.5 Å². The molecular formula is C25H23N3O4. The molecule has 1 saturated carbocycles. The number of H-pyrrole nitrogens is 1. The summed E-state index contributed by atoms with van der Waals surface area (Å²) in [5.41, 5.74) is 3.81. The average Bonchev–Trinajstić information content (AvgIpc) is 3.37. The third kappa shape index (κ3) is 2.96. The van der Waals surface area contributed by atoms with E-state index in [1.807, 2.05) is 36.4 Å². The van der Waals surface area contributed by atoms with Gasteiger partial charge in [0.25, 0.3) is 0 Å². The topological polar surface area (TPSA) is 83.7 Å². The Morgan fingerprint density at radius 3 is 2.75 bits per heavy atom. The normalized spacial score (nSPS) is 21.3. The Bertz CT molecular complexity index is 1260. The molecule has 3 aliphatic rings. The number of fused-ring (bicyclic) bond motifs is 4. The molecule has 7 nitrogen and oxygen atoms in total. The van der Waals surface area contributed by atoms with Gasteiger partial charge in [-0.15, -0.1) is 0 Å². The van der Waals surface area contributed by atoms with E-state index in [0.29, 0.717) is 17.9 Å². The van der Waals surface area contributed by atoms with Gasteiger partial charge in [-0.3, -0.25) is 9.59 Å². The van der Waals surface area contributed by atoms with Crippen molar-refractivity contribution in [3.63, 3.8) is 0 Å². The Kier molecular flexibility index (Phi) is 4.24. The minimum Gasteiger partial charge on any atom is -0.454 e. The van der Waals surface area contributed by atoms with E-state index < -0.39 is 12.1 Å². The lowest BCUT2D eigenvalue weighted by Crippen LogP contribution is -2.54. The van der Waals surface area contributed by atoms with E-state index in [-0.39, 0.29) is 24.6 Å². The number of nitrogens with zero attached hydrogens (tertiary/aromatic N) is 1. The molecule has 1 aliphatic carbocycles. The van der Waals surface area contributed by atoms with E-state index in [1.165, 1.54) is 6.08 Å². The molecule has 3 heterocycles. The highest BCUT2D eigenvalue weighted by molar-refractivity contribution is 5.96. The number of carbonyl (C=O) groups excluding carboxylic acids is 2. The number of hydrogen-bond acceptors (Lipinski definition) is 4. The van der Waals surface area contributed by atoms with Crippen molar-refractivity contribution in [3.05, 3.63) is 71.9 Å². The summed E-state index contributed by atoms with van der Waals surface area (Å²) in [6.07, 6.45) is 3.69. The SMILES string of the molecule is C=CC(=O)N1[C@H](c2ccc3c(c2)OCO3)c2[nH]c3ccccc3c2C[C@H]1C(=O)NC1CC1. The number of rotatable bonds is 4. The molecule has 2 amide bonds. The maximum Gasteiger partial charge on any atom is 0.247 e. The number of benzene rings is 2. The van der Waals surface area contributed by atoms with Crippen LogP contribution in [0.3, 0.4) is 0 Å². The molecule has 2 atom stereocenters. The Morgan fingerprint density at radius 1 is 1.12 bits per heavy atom. The second-order valence-corrected chi connectivity index (χ2v) is 8.53. The van der Waals surface area contributed by atoms with E-state index in [2.05, 4.69) is 22.9 Å². The van der Waals surface area contributed by atoms with Gasteiger partial charge >= 0.3 is 0 Å². The van der Waals surface area contributed by atoms with Crippen LogP contribution in [0.5, 0.6) is 11.5 Å². The number of hydrogen-bond donors (Lipinski definition) is 2. The molecule has 1 fully saturated rings. The van der Waals surface area contributed by atoms with Crippen LogP contribution in [0.15, 0.2) is 55.1 Å². The fourth-order valence-corrected chi connectivity index (χ4v) is 4.83. The summed E-state index contributed by atoms with van der Waals surface area (Å²) < 4.78 is 11.1. The molecule has 162 valence electrons. The predicted molar refractivity (Wildman–Crippen MR) is 118 cm³/mol. The van der Waals surface area contributed by atoms with E-state index in [0.717, 1.165) is 40.6 Å². The van der Waals surface area contributed by atoms with Gasteiger partial charge in [0, 0.05) is 29.1 Å². The Hall–Kier alpha value is -3.74. The largest absolute Gasteiger partial charge is 0.454 e. The van der Waals surface area contributed by atoms with Gasteiger partial charge in [-0.25, -0.2) is 0 Å². The second kappa shape index (κ2) is 7.15. The Balaban J connectivity index is 1.54. The zero-order valence-electron chi connectivity index (χ0n) is 17.5. The van der Waals surface area contributed by atoms with Crippen molar-refractivity contribution in [2.24, 2.45) is 0 Å². The van der Waals surface area contributed by atoms with Crippen molar-refractivity contribution in [1.82, 2.24) is 15.2 Å². The molecule has 6 rings (SSSR count). The molecule has 2 aliphatic heterocycles. The first kappa shape index (κ1) is 19.0. The Labute approximate surface area is 185 Å². The minimum atomic E-state index is -0.636. The molecular weight excluding hydrogens is 406 g/mol. The first-order chi connectivity index (χ1) is 15.6. The number of carbonyl (C=O) groups is 2. The van der Waals surface area contributed by atoms with Gasteiger partial charge in [-0.2, -0.15) is 0 Å². The smallest absolute Gasteiger partial charge is 0.247 e. The van der Waals surface area contributed by atoms with Crippen molar-refractivity contribution in [1.29, 1.82) is 0 Å². The van der Waals surface area contributed by atoms with E-state index in [1.54, 1.807) is 4.90 Å². The summed E-state index contributed by atoms with van der Waals surface area (Å²) >= 11 is 0. The lowest BCUT2D eigenvalue weighted by molar-refractivity contribution is -0.139. The van der Waals surface area contributed by atoms with E-state index in [9.17, 15) is 9.59 Å². The fraction of sp³-hybridized carbons (Fsp3) is 0.280. The van der Waals surface area contributed by atoms with Crippen LogP contribution < -0.4 is 14.8 Å². The number of amides is 2. The summed E-state index contributed by atoms with van der Waals surface area (Å²) in [7, 11) is 0. The maximum absolute atomic E-state index is 13.3. The molecule has 2 N–H and O–H groups in total. The highest BCUT2D eigenvalue weighted by Gasteiger charge is 2.44. The van der Waals surface area contributed by atoms with Crippen LogP contribution in [0.1, 0.15) is 35.7 Å². The molecule has 1 aromatic heterocycles. The van der Waals surface area contributed by atoms with Gasteiger partial charge in [-0.05, 0) is 48.2 Å². The number of aromatic amines is 1. The highest BCUT2D eigenvalue weighted by Crippen LogP contribution is 2.44. The van der Waals surface area contributed by atoms with Crippen LogP contribution in [-0.4, -0.2) is 40.6 Å². The molecule has 7 heteroatoms. The first-order valence-corrected chi connectivity index (χ1v) is 10.9. The zero-order valence-corrected chi connectivity index (χ0v) is 17.5. The number of aromatic nitrogens is 1. The van der Waals surface area contributed by atoms with E-state index in [4.69, 9.17) is 9.47 Å². The highest BCUT2D eigenvalue weighted by atomic mass is 16.7. The molecule has 0 saturated heterocycles. The number of nitrogens with one attached hydrogen (secondary N) is 2. The average molecular weight is 429 g/mol. The van der Waals surface area contributed by atoms with Gasteiger partial charge in [-0.1, -0.05) is 30.8 Å². The van der Waals surface area contributed by atoms with Crippen LogP contribution in [0.4, 0.5) is 0 Å². The van der Waals surface area contributed by atoms with Gasteiger partial charge in [0.1, 0.15) is 6.04 Å². The number of para-hydroxylation sites is 1. The summed E-state index contributed by atoms with van der Waals surface area (Å²) in [5.74, 6) is 0.902. The van der Waals surface area contributed by atoms with Crippen molar-refractivity contribution in [2.45, 2.75) is 37.4 Å². The summed E-state index contributed by atoms with van der Waals surface area (Å²) in [5, 5.41) is 4.17. The molecule has 0 spiro atoms. The zero-order chi connectivity index (χ0) is 21.8. The minimum absolute atomic E-state index is 0.121. The second-order valence-electron chi connectivity index (χ2n) is 8.53. The first-order valence-electron chi connectivity index (χ1n) is 10.9. The third-order valence-electron chi connectivity index (χ3n) is 6.50. The molecule has 32 heavy (non-hydrogen) atoms. The molecule has 0 bridgehead atoms. The lowest BCUT2D eigenvalue weighted by Gasteiger charge is -2.41. The quantitative estimate of drug-likeness (QED) is 0.624. The standard InChI is InChI=1S/C25H23N3O4/c1-2-22(29)28-19(25(30)26-15-8-9-15)12-17-16-5-3-4-6-18(16)27-23(17)24(28)14-7-10-20-21(11-14)32-13-31-20/h2-7,10-11,15,19,24,27H,1,8-9,12-13H2,(H,26,30)/t19-,24+/m0/s1. The molecule has 3 aromatic rings. The summed E-state index contributed by atoms with van der Waals surface area (Å²) in [6.45, 7) is 3.88. The Morgan fingerprint density at radius 2 is 1.94 bits per heavy atom. The molecule has 0 radical (unpaired) electrons. The van der Waals surface area contributed by atoms with Crippen molar-refractivity contribution < 1.29 is 19.1 Å². The lowest BCUT2D eigenvalue weighted by atomic mass is 9.87. The van der Waals surface area contributed by atoms with Crippen molar-refractivity contribution in [3.8, 4) is 11.5 Å². The van der Waals surface area contributed by atoms with Crippen molar-refractivity contribution >= 4 is 22.7 Å². The summed E-state index contributed by atoms with van der Waals surface area (Å²) in [4.78, 5) is 31.7. The summed E-state index contributed by atoms with van der Waals surface area (Å²) in [6, 6.07) is 12.8. The fourth-order valence-electron chi connectivity index (χ4n) is 4.83. The van der Waals surface area contributed by atoms with Gasteiger partial charge in [0.05, 0.1) is 6.04 Å². The third-order valence-corrected chi connectivity index (χ3v) is 6.50. The molecule has 0 unspecified atom stereocenters.